The summed E-state index contributed by atoms with van der Waals surface area (Å²) in [4.78, 5) is 173. The van der Waals surface area contributed by atoms with Gasteiger partial charge in [-0.3, -0.25) is 62.3 Å². The zero-order valence-electron chi connectivity index (χ0n) is 45.6. The minimum atomic E-state index is -1.80. The van der Waals surface area contributed by atoms with E-state index < -0.39 is 169 Å². The number of H-pyrrole nitrogens is 1. The molecule has 0 saturated heterocycles. The van der Waals surface area contributed by atoms with Gasteiger partial charge < -0.3 is 90.7 Å². The van der Waals surface area contributed by atoms with Gasteiger partial charge in [0.2, 0.25) is 70.9 Å². The molecule has 1 heterocycles. The largest absolute Gasteiger partial charge is 0.481 e. The predicted octanol–water partition coefficient (Wildman–Crippen LogP) is -6.06. The number of aromatic amines is 1. The molecule has 2 rings (SSSR count). The highest BCUT2D eigenvalue weighted by molar-refractivity contribution is 7.98. The minimum Gasteiger partial charge on any atom is -0.481 e. The molecule has 0 unspecified atom stereocenters. The second-order valence-electron chi connectivity index (χ2n) is 18.9. The number of thioether (sulfide) groups is 1. The average molecular weight is 1210 g/mol. The Morgan fingerprint density at radius 2 is 1.11 bits per heavy atom. The molecule has 1 aromatic heterocycles. The van der Waals surface area contributed by atoms with Gasteiger partial charge in [-0.2, -0.15) is 37.0 Å². The number of unbranched alkanes of at least 4 members (excludes halogenated alkanes) is 1. The van der Waals surface area contributed by atoms with Crippen LogP contribution in [0, 0.1) is 0 Å². The first kappa shape index (κ1) is 70.9. The highest BCUT2D eigenvalue weighted by Gasteiger charge is 2.36. The Morgan fingerprint density at radius 3 is 1.62 bits per heavy atom. The van der Waals surface area contributed by atoms with Crippen LogP contribution in [0.4, 0.5) is 0 Å². The number of hydrogen-bond acceptors (Lipinski definition) is 19. The number of primary amides is 2. The van der Waals surface area contributed by atoms with Crippen LogP contribution in [0.5, 0.6) is 0 Å². The summed E-state index contributed by atoms with van der Waals surface area (Å²) in [6.07, 6.45) is -1.77. The summed E-state index contributed by atoms with van der Waals surface area (Å²) >= 11 is 9.33. The van der Waals surface area contributed by atoms with E-state index in [4.69, 9.17) is 17.2 Å². The number of aromatic nitrogens is 1. The number of carboxylic acid groups (broad SMARTS) is 1. The van der Waals surface area contributed by atoms with Crippen molar-refractivity contribution in [1.29, 1.82) is 0 Å². The van der Waals surface area contributed by atoms with Gasteiger partial charge in [0.1, 0.15) is 54.4 Å². The van der Waals surface area contributed by atoms with E-state index in [9.17, 15) is 77.6 Å². The lowest BCUT2D eigenvalue weighted by atomic mass is 10.0. The van der Waals surface area contributed by atoms with Crippen LogP contribution in [-0.2, 0) is 68.7 Å². The summed E-state index contributed by atoms with van der Waals surface area (Å²) in [6.45, 7) is 2.72. The van der Waals surface area contributed by atoms with Gasteiger partial charge in [-0.15, -0.1) is 0 Å². The van der Waals surface area contributed by atoms with Crippen LogP contribution in [0.3, 0.4) is 0 Å². The molecule has 2 aromatic rings. The Kier molecular flexibility index (Phi) is 31.4. The van der Waals surface area contributed by atoms with Crippen molar-refractivity contribution in [2.24, 2.45) is 17.2 Å². The maximum Gasteiger partial charge on any atom is 0.303 e. The van der Waals surface area contributed by atoms with E-state index in [-0.39, 0.29) is 49.5 Å². The van der Waals surface area contributed by atoms with Crippen molar-refractivity contribution in [3.05, 3.63) is 36.0 Å². The lowest BCUT2D eigenvalue weighted by Crippen LogP contribution is -2.61. The number of fused-ring (bicyclic) bond motifs is 1. The van der Waals surface area contributed by atoms with E-state index in [1.807, 2.05) is 0 Å². The fourth-order valence-electron chi connectivity index (χ4n) is 7.78. The van der Waals surface area contributed by atoms with E-state index in [1.165, 1.54) is 25.6 Å². The number of aliphatic hydroxyl groups is 2. The number of benzene rings is 1. The number of aliphatic carboxylic acids is 1. The molecule has 0 fully saturated rings. The molecule has 0 aliphatic carbocycles. The van der Waals surface area contributed by atoms with Crippen molar-refractivity contribution in [2.75, 3.05) is 36.6 Å². The SMILES string of the molecule is CSCC[C@H](NC(=O)[C@H](CCCCN)NC(=O)[C@H](CC(N)=O)NC(=O)CNC(=O)[C@H](CCC(=O)O)NC(=O)[C@H](Cc1c[nH]c2ccccc12)NC(=O)[C@@H](NC(=O)[C@H](CS)NC(C)=O)[C@@H](C)O)C(=O)N[C@H](C(=O)N[C@@H](CS)C(N)=O)[C@@H](C)O. The molecule has 11 atom stereocenters. The number of nitrogens with one attached hydrogen (secondary N) is 11. The number of carbonyl (C=O) groups is 13. The zero-order valence-corrected chi connectivity index (χ0v) is 48.2. The number of amides is 12. The molecule has 1 aromatic carbocycles. The summed E-state index contributed by atoms with van der Waals surface area (Å²) in [5, 5.41) is 54.8. The van der Waals surface area contributed by atoms with Crippen LogP contribution < -0.4 is 70.4 Å². The van der Waals surface area contributed by atoms with Gasteiger partial charge in [0.15, 0.2) is 0 Å². The first-order chi connectivity index (χ1) is 38.7. The number of carboxylic acids is 1. The van der Waals surface area contributed by atoms with E-state index in [0.29, 0.717) is 22.9 Å². The molecule has 0 saturated carbocycles. The molecule has 0 aliphatic heterocycles. The summed E-state index contributed by atoms with van der Waals surface area (Å²) in [5.74, 6) is -13.4. The Hall–Kier alpha value is -7.20. The summed E-state index contributed by atoms with van der Waals surface area (Å²) in [5.41, 5.74) is 17.5. The first-order valence-corrected chi connectivity index (χ1v) is 28.4. The molecular formula is C49H76N14O16S3. The van der Waals surface area contributed by atoms with E-state index in [0.717, 1.165) is 6.92 Å². The number of hydrogen-bond donors (Lipinski definition) is 19. The van der Waals surface area contributed by atoms with Crippen LogP contribution >= 0.6 is 37.0 Å². The Bertz CT molecular complexity index is 2570. The third-order valence-electron chi connectivity index (χ3n) is 12.2. The average Bonchev–Trinajstić information content (AvgIpc) is 3.88. The maximum atomic E-state index is 14.2. The predicted molar refractivity (Wildman–Crippen MR) is 305 cm³/mol. The van der Waals surface area contributed by atoms with Crippen molar-refractivity contribution in [3.63, 3.8) is 0 Å². The van der Waals surface area contributed by atoms with E-state index in [1.54, 1.807) is 36.7 Å². The number of aliphatic hydroxyl groups excluding tert-OH is 2. The molecule has 30 nitrogen and oxygen atoms in total. The van der Waals surface area contributed by atoms with Crippen LogP contribution in [0.15, 0.2) is 30.5 Å². The molecule has 20 N–H and O–H groups in total. The summed E-state index contributed by atoms with van der Waals surface area (Å²) in [7, 11) is 0. The van der Waals surface area contributed by atoms with E-state index >= 15 is 0 Å². The monoisotopic (exact) mass is 1210 g/mol. The number of para-hydroxylation sites is 1. The summed E-state index contributed by atoms with van der Waals surface area (Å²) in [6, 6.07) is -6.89. The van der Waals surface area contributed by atoms with Crippen molar-refractivity contribution in [2.45, 2.75) is 139 Å². The normalized spacial score (nSPS) is 15.1. The smallest absolute Gasteiger partial charge is 0.303 e. The molecule has 82 heavy (non-hydrogen) atoms. The summed E-state index contributed by atoms with van der Waals surface area (Å²) < 4.78 is 0. The number of thiol groups is 2. The van der Waals surface area contributed by atoms with Crippen LogP contribution in [0.1, 0.15) is 71.3 Å². The van der Waals surface area contributed by atoms with Crippen LogP contribution in [-0.4, -0.2) is 200 Å². The second-order valence-corrected chi connectivity index (χ2v) is 20.6. The third kappa shape index (κ3) is 24.5. The van der Waals surface area contributed by atoms with Crippen molar-refractivity contribution in [1.82, 2.24) is 58.2 Å². The maximum absolute atomic E-state index is 14.2. The van der Waals surface area contributed by atoms with Crippen LogP contribution in [0.25, 0.3) is 10.9 Å². The van der Waals surface area contributed by atoms with Crippen molar-refractivity contribution >= 4 is 125 Å². The minimum absolute atomic E-state index is 0.0299. The van der Waals surface area contributed by atoms with Crippen LogP contribution in [0.2, 0.25) is 0 Å². The Labute approximate surface area is 487 Å². The van der Waals surface area contributed by atoms with E-state index in [2.05, 4.69) is 83.4 Å². The van der Waals surface area contributed by atoms with Crippen molar-refractivity contribution < 1.29 is 77.6 Å². The van der Waals surface area contributed by atoms with Gasteiger partial charge >= 0.3 is 5.97 Å². The highest BCUT2D eigenvalue weighted by atomic mass is 32.2. The van der Waals surface area contributed by atoms with Gasteiger partial charge in [-0.25, -0.2) is 0 Å². The Morgan fingerprint density at radius 1 is 0.610 bits per heavy atom. The standard InChI is InChI=1S/C49H76N14O16S3/c1-23(64)39(63-47(77)35(22-81)55-25(3)66)48(78)60-32(17-26-19-53-28-10-6-5-9-27(26)28)45(75)58-30(12-13-38(69)70)42(72)54-20-37(68)56-33(18-36(51)67)46(76)57-29(11-7-8-15-50)43(73)59-31(14-16-82-4)44(74)62-40(24(2)65)49(79)61-34(21-80)41(52)71/h5-6,9-10,19,23-24,29-35,39-40,53,64-65,80-81H,7-8,11-18,20-22,50H2,1-4H3,(H2,51,67)(H2,52,71)(H,54,72)(H,55,66)(H,56,68)(H,57,76)(H,58,75)(H,59,73)(H,60,78)(H,61,79)(H,62,74)(H,63,77)(H,69,70)/t23-,24-,29+,30+,31+,32+,33+,34+,35+,39+,40+/m1/s1. The first-order valence-electron chi connectivity index (χ1n) is 25.8. The molecule has 33 heteroatoms. The number of nitrogens with two attached hydrogens (primary N) is 3. The van der Waals surface area contributed by atoms with Gasteiger partial charge in [-0.05, 0) is 76.1 Å². The quantitative estimate of drug-likeness (QED) is 0.0220. The highest BCUT2D eigenvalue weighted by Crippen LogP contribution is 2.20. The van der Waals surface area contributed by atoms with Gasteiger partial charge in [0.25, 0.3) is 0 Å². The van der Waals surface area contributed by atoms with Crippen molar-refractivity contribution in [3.8, 4) is 0 Å². The topological polar surface area (TPSA) is 497 Å². The second kappa shape index (κ2) is 36.3. The molecule has 456 valence electrons. The fourth-order valence-corrected chi connectivity index (χ4v) is 8.78. The molecule has 12 amide bonds. The number of rotatable bonds is 38. The Balaban J connectivity index is 2.39. The molecular weight excluding hydrogens is 1140 g/mol. The third-order valence-corrected chi connectivity index (χ3v) is 13.5. The van der Waals surface area contributed by atoms with Gasteiger partial charge in [0.05, 0.1) is 25.2 Å². The fraction of sp³-hybridized carbons (Fsp3) is 0.571. The zero-order chi connectivity index (χ0) is 61.8. The molecule has 0 aliphatic rings. The lowest BCUT2D eigenvalue weighted by molar-refractivity contribution is -0.138. The van der Waals surface area contributed by atoms with Gasteiger partial charge in [0, 0.05) is 48.4 Å². The lowest BCUT2D eigenvalue weighted by Gasteiger charge is -2.28. The molecule has 0 radical (unpaired) electrons. The van der Waals surface area contributed by atoms with Gasteiger partial charge in [-0.1, -0.05) is 18.2 Å². The molecule has 0 spiro atoms. The number of carbonyl (C=O) groups excluding carboxylic acids is 12. The molecule has 0 bridgehead atoms.